The molecule has 1 aliphatic rings. The fraction of sp³-hybridized carbons (Fsp3) is 0.348. The molecule has 0 amide bonds. The van der Waals surface area contributed by atoms with Crippen molar-refractivity contribution in [3.63, 3.8) is 0 Å². The number of pyridine rings is 1. The summed E-state index contributed by atoms with van der Waals surface area (Å²) >= 11 is 0. The van der Waals surface area contributed by atoms with Gasteiger partial charge in [-0.25, -0.2) is 0 Å². The summed E-state index contributed by atoms with van der Waals surface area (Å²) in [6, 6.07) is 16.1. The normalized spacial score (nSPS) is 14.2. The molecule has 3 heterocycles. The standard InChI is InChI=1S/C23H26N6O2/c1-18-5-4-7-20(15-18)28-25-17-21-16-22(29-10-13-30-14-11-29)27-23(26-21)31-12-8-19-6-2-3-9-24-19/h2-7,9,15-16H,8,10-14,17H2,1H3. The van der Waals surface area contributed by atoms with Crippen LogP contribution in [0.3, 0.4) is 0 Å². The number of azo groups is 1. The first-order valence-corrected chi connectivity index (χ1v) is 10.4. The highest BCUT2D eigenvalue weighted by molar-refractivity contribution is 5.41. The molecule has 31 heavy (non-hydrogen) atoms. The van der Waals surface area contributed by atoms with E-state index in [-0.39, 0.29) is 0 Å². The molecule has 4 rings (SSSR count). The van der Waals surface area contributed by atoms with Gasteiger partial charge in [0, 0.05) is 37.5 Å². The maximum Gasteiger partial charge on any atom is 0.318 e. The van der Waals surface area contributed by atoms with Crippen LogP contribution in [0.1, 0.15) is 17.0 Å². The Labute approximate surface area is 182 Å². The van der Waals surface area contributed by atoms with Crippen molar-refractivity contribution in [2.75, 3.05) is 37.8 Å². The van der Waals surface area contributed by atoms with Gasteiger partial charge >= 0.3 is 6.01 Å². The van der Waals surface area contributed by atoms with Gasteiger partial charge in [-0.2, -0.15) is 20.2 Å². The van der Waals surface area contributed by atoms with Gasteiger partial charge in [-0.05, 0) is 36.8 Å². The predicted molar refractivity (Wildman–Crippen MR) is 118 cm³/mol. The number of aryl methyl sites for hydroxylation is 1. The zero-order valence-corrected chi connectivity index (χ0v) is 17.6. The Morgan fingerprint density at radius 3 is 2.74 bits per heavy atom. The fourth-order valence-corrected chi connectivity index (χ4v) is 3.23. The molecule has 8 heteroatoms. The van der Waals surface area contributed by atoms with Crippen molar-refractivity contribution >= 4 is 11.5 Å². The Morgan fingerprint density at radius 2 is 1.94 bits per heavy atom. The number of hydrogen-bond acceptors (Lipinski definition) is 8. The number of ether oxygens (including phenoxy) is 2. The summed E-state index contributed by atoms with van der Waals surface area (Å²) in [4.78, 5) is 15.7. The fourth-order valence-electron chi connectivity index (χ4n) is 3.23. The number of morpholine rings is 1. The van der Waals surface area contributed by atoms with E-state index in [1.807, 2.05) is 55.5 Å². The second kappa shape index (κ2) is 10.6. The third-order valence-corrected chi connectivity index (χ3v) is 4.82. The average Bonchev–Trinajstić information content (AvgIpc) is 2.80. The molecule has 0 saturated carbocycles. The Bertz CT molecular complexity index is 1010. The van der Waals surface area contributed by atoms with Gasteiger partial charge in [-0.1, -0.05) is 18.2 Å². The minimum Gasteiger partial charge on any atom is -0.463 e. The molecule has 0 spiro atoms. The van der Waals surface area contributed by atoms with Crippen LogP contribution < -0.4 is 9.64 Å². The highest BCUT2D eigenvalue weighted by Gasteiger charge is 2.15. The molecule has 0 bridgehead atoms. The van der Waals surface area contributed by atoms with E-state index in [1.54, 1.807) is 6.20 Å². The Morgan fingerprint density at radius 1 is 1.03 bits per heavy atom. The quantitative estimate of drug-likeness (QED) is 0.516. The van der Waals surface area contributed by atoms with Crippen molar-refractivity contribution < 1.29 is 9.47 Å². The van der Waals surface area contributed by atoms with Gasteiger partial charge < -0.3 is 14.4 Å². The van der Waals surface area contributed by atoms with Crippen LogP contribution in [0.25, 0.3) is 0 Å². The van der Waals surface area contributed by atoms with E-state index in [2.05, 4.69) is 30.1 Å². The van der Waals surface area contributed by atoms with Crippen LogP contribution in [0.15, 0.2) is 65.0 Å². The second-order valence-corrected chi connectivity index (χ2v) is 7.26. The summed E-state index contributed by atoms with van der Waals surface area (Å²) in [6.07, 6.45) is 2.47. The molecule has 0 radical (unpaired) electrons. The molecule has 0 aliphatic carbocycles. The van der Waals surface area contributed by atoms with Crippen molar-refractivity contribution in [2.45, 2.75) is 19.9 Å². The third kappa shape index (κ3) is 6.29. The van der Waals surface area contributed by atoms with Gasteiger partial charge in [-0.15, -0.1) is 0 Å². The summed E-state index contributed by atoms with van der Waals surface area (Å²) < 4.78 is 11.3. The van der Waals surface area contributed by atoms with Crippen LogP contribution in [0, 0.1) is 6.92 Å². The predicted octanol–water partition coefficient (Wildman–Crippen LogP) is 3.92. The van der Waals surface area contributed by atoms with Crippen molar-refractivity contribution in [3.8, 4) is 6.01 Å². The number of benzene rings is 1. The number of hydrogen-bond donors (Lipinski definition) is 0. The molecule has 8 nitrogen and oxygen atoms in total. The first-order valence-electron chi connectivity index (χ1n) is 10.4. The molecule has 3 aromatic rings. The van der Waals surface area contributed by atoms with Crippen LogP contribution in [0.2, 0.25) is 0 Å². The maximum atomic E-state index is 5.87. The topological polar surface area (TPSA) is 85.1 Å². The Kier molecular flexibility index (Phi) is 7.12. The summed E-state index contributed by atoms with van der Waals surface area (Å²) in [5.41, 5.74) is 3.71. The van der Waals surface area contributed by atoms with E-state index in [1.165, 1.54) is 0 Å². The van der Waals surface area contributed by atoms with Crippen LogP contribution in [-0.4, -0.2) is 47.9 Å². The summed E-state index contributed by atoms with van der Waals surface area (Å²) in [5, 5.41) is 8.65. The van der Waals surface area contributed by atoms with Gasteiger partial charge in [0.2, 0.25) is 0 Å². The molecule has 0 atom stereocenters. The highest BCUT2D eigenvalue weighted by atomic mass is 16.5. The molecule has 1 fully saturated rings. The van der Waals surface area contributed by atoms with Crippen LogP contribution in [0.5, 0.6) is 6.01 Å². The second-order valence-electron chi connectivity index (χ2n) is 7.26. The molecule has 160 valence electrons. The Balaban J connectivity index is 1.46. The molecule has 1 aliphatic heterocycles. The van der Waals surface area contributed by atoms with E-state index >= 15 is 0 Å². The summed E-state index contributed by atoms with van der Waals surface area (Å²) in [5.74, 6) is 0.826. The molecule has 1 saturated heterocycles. The van der Waals surface area contributed by atoms with E-state index in [4.69, 9.17) is 9.47 Å². The van der Waals surface area contributed by atoms with Gasteiger partial charge in [0.25, 0.3) is 0 Å². The minimum absolute atomic E-state index is 0.348. The highest BCUT2D eigenvalue weighted by Crippen LogP contribution is 2.20. The van der Waals surface area contributed by atoms with E-state index in [9.17, 15) is 0 Å². The lowest BCUT2D eigenvalue weighted by molar-refractivity contribution is 0.122. The zero-order chi connectivity index (χ0) is 21.3. The molecular formula is C23H26N6O2. The van der Waals surface area contributed by atoms with Crippen LogP contribution >= 0.6 is 0 Å². The third-order valence-electron chi connectivity index (χ3n) is 4.82. The van der Waals surface area contributed by atoms with Crippen molar-refractivity contribution in [1.82, 2.24) is 15.0 Å². The maximum absolute atomic E-state index is 5.87. The first-order chi connectivity index (χ1) is 15.3. The average molecular weight is 419 g/mol. The Hall–Kier alpha value is -3.39. The monoisotopic (exact) mass is 418 g/mol. The lowest BCUT2D eigenvalue weighted by atomic mass is 10.2. The van der Waals surface area contributed by atoms with Gasteiger partial charge in [0.05, 0.1) is 31.2 Å². The largest absolute Gasteiger partial charge is 0.463 e. The van der Waals surface area contributed by atoms with E-state index in [0.29, 0.717) is 38.8 Å². The van der Waals surface area contributed by atoms with Gasteiger partial charge in [-0.3, -0.25) is 4.98 Å². The first kappa shape index (κ1) is 20.9. The molecular weight excluding hydrogens is 392 g/mol. The lowest BCUT2D eigenvalue weighted by Crippen LogP contribution is -2.37. The molecule has 0 N–H and O–H groups in total. The molecule has 2 aromatic heterocycles. The molecule has 1 aromatic carbocycles. The zero-order valence-electron chi connectivity index (χ0n) is 17.6. The van der Waals surface area contributed by atoms with Gasteiger partial charge in [0.15, 0.2) is 0 Å². The summed E-state index contributed by atoms with van der Waals surface area (Å²) in [6.45, 7) is 5.78. The van der Waals surface area contributed by atoms with Crippen molar-refractivity contribution in [2.24, 2.45) is 10.2 Å². The van der Waals surface area contributed by atoms with Crippen LogP contribution in [0.4, 0.5) is 11.5 Å². The summed E-state index contributed by atoms with van der Waals surface area (Å²) in [7, 11) is 0. The van der Waals surface area contributed by atoms with Crippen molar-refractivity contribution in [1.29, 1.82) is 0 Å². The number of nitrogens with zero attached hydrogens (tertiary/aromatic N) is 6. The number of aromatic nitrogens is 3. The SMILES string of the molecule is Cc1cccc(N=NCc2cc(N3CCOCC3)nc(OCCc3ccccn3)n2)c1. The number of anilines is 1. The minimum atomic E-state index is 0.348. The van der Waals surface area contributed by atoms with E-state index in [0.717, 1.165) is 41.5 Å². The molecule has 0 unspecified atom stereocenters. The number of rotatable bonds is 8. The lowest BCUT2D eigenvalue weighted by Gasteiger charge is -2.28. The van der Waals surface area contributed by atoms with Crippen molar-refractivity contribution in [3.05, 3.63) is 71.7 Å². The smallest absolute Gasteiger partial charge is 0.318 e. The van der Waals surface area contributed by atoms with Crippen LogP contribution in [-0.2, 0) is 17.7 Å². The van der Waals surface area contributed by atoms with E-state index < -0.39 is 0 Å². The van der Waals surface area contributed by atoms with Gasteiger partial charge in [0.1, 0.15) is 12.4 Å².